The maximum Gasteiger partial charge on any atom is 0.252 e. The van der Waals surface area contributed by atoms with Crippen LogP contribution in [-0.2, 0) is 0 Å². The largest absolute Gasteiger partial charge is 0.338 e. The molecule has 144 valence electrons. The van der Waals surface area contributed by atoms with E-state index in [9.17, 15) is 4.79 Å². The van der Waals surface area contributed by atoms with Gasteiger partial charge in [0.2, 0.25) is 0 Å². The fraction of sp³-hybridized carbons (Fsp3) is 0. The van der Waals surface area contributed by atoms with E-state index in [4.69, 9.17) is 16.6 Å². The van der Waals surface area contributed by atoms with E-state index in [0.29, 0.717) is 5.56 Å². The number of fused-ring (bicyclic) bond motifs is 1. The summed E-state index contributed by atoms with van der Waals surface area (Å²) in [5.41, 5.74) is 7.72. The smallest absolute Gasteiger partial charge is 0.252 e. The molecule has 4 heteroatoms. The van der Waals surface area contributed by atoms with E-state index in [2.05, 4.69) is 41.4 Å². The zero-order valence-corrected chi connectivity index (χ0v) is 16.7. The molecule has 1 heterocycles. The molecule has 5 rings (SSSR count). The third-order valence-corrected chi connectivity index (χ3v) is 5.41. The number of nitrogens with one attached hydrogen (secondary N) is 1. The second-order valence-electron chi connectivity index (χ2n) is 7.05. The number of carbonyl (C=O) groups excluding carboxylic acids is 1. The minimum Gasteiger partial charge on any atom is -0.338 e. The van der Waals surface area contributed by atoms with Crippen LogP contribution >= 0.6 is 11.6 Å². The molecule has 0 saturated heterocycles. The molecular weight excluding hydrogens is 392 g/mol. The molecule has 5 aromatic rings. The molecule has 0 atom stereocenters. The molecule has 0 aliphatic carbocycles. The lowest BCUT2D eigenvalue weighted by Crippen LogP contribution is -1.88. The van der Waals surface area contributed by atoms with Crippen molar-refractivity contribution in [1.29, 1.82) is 0 Å². The molecule has 0 unspecified atom stereocenters. The monoisotopic (exact) mass is 408 g/mol. The Kier molecular flexibility index (Phi) is 4.66. The summed E-state index contributed by atoms with van der Waals surface area (Å²) < 4.78 is 0. The van der Waals surface area contributed by atoms with E-state index in [1.807, 2.05) is 48.5 Å². The van der Waals surface area contributed by atoms with Crippen molar-refractivity contribution in [3.8, 4) is 33.6 Å². The molecule has 1 N–H and O–H groups in total. The normalized spacial score (nSPS) is 11.0. The number of halogens is 1. The number of imidazole rings is 1. The molecule has 0 saturated carbocycles. The zero-order chi connectivity index (χ0) is 20.5. The highest BCUT2D eigenvalue weighted by molar-refractivity contribution is 6.67. The van der Waals surface area contributed by atoms with Crippen LogP contribution in [-0.4, -0.2) is 15.2 Å². The number of hydrogen-bond donors (Lipinski definition) is 1. The van der Waals surface area contributed by atoms with Gasteiger partial charge in [-0.2, -0.15) is 0 Å². The molecule has 0 radical (unpaired) electrons. The lowest BCUT2D eigenvalue weighted by Gasteiger charge is -2.11. The third kappa shape index (κ3) is 3.30. The summed E-state index contributed by atoms with van der Waals surface area (Å²) in [5.74, 6) is 0.751. The van der Waals surface area contributed by atoms with Crippen LogP contribution in [0.1, 0.15) is 10.4 Å². The minimum atomic E-state index is -0.468. The number of rotatable bonds is 4. The molecule has 0 amide bonds. The van der Waals surface area contributed by atoms with Crippen molar-refractivity contribution >= 4 is 27.9 Å². The van der Waals surface area contributed by atoms with Crippen LogP contribution in [0.25, 0.3) is 44.7 Å². The van der Waals surface area contributed by atoms with E-state index >= 15 is 0 Å². The van der Waals surface area contributed by atoms with Crippen molar-refractivity contribution in [3.63, 3.8) is 0 Å². The first-order valence-corrected chi connectivity index (χ1v) is 10.0. The van der Waals surface area contributed by atoms with Gasteiger partial charge in [0.15, 0.2) is 0 Å². The maximum absolute atomic E-state index is 11.3. The Morgan fingerprint density at radius 3 is 1.97 bits per heavy atom. The van der Waals surface area contributed by atoms with Gasteiger partial charge in [0.25, 0.3) is 5.24 Å². The Balaban J connectivity index is 1.73. The van der Waals surface area contributed by atoms with Gasteiger partial charge in [0.05, 0.1) is 11.0 Å². The van der Waals surface area contributed by atoms with Gasteiger partial charge in [-0.25, -0.2) is 4.98 Å². The first-order valence-electron chi connectivity index (χ1n) is 9.64. The van der Waals surface area contributed by atoms with Gasteiger partial charge >= 0.3 is 0 Å². The Morgan fingerprint density at radius 2 is 1.33 bits per heavy atom. The maximum atomic E-state index is 11.3. The van der Waals surface area contributed by atoms with Crippen molar-refractivity contribution < 1.29 is 4.79 Å². The van der Waals surface area contributed by atoms with Crippen molar-refractivity contribution in [2.75, 3.05) is 0 Å². The highest BCUT2D eigenvalue weighted by Gasteiger charge is 2.16. The standard InChI is InChI=1S/C26H17ClN2O/c27-25(30)19-11-13-20(14-12-19)26-28-22-16-15-21(17-7-3-1-4-8-17)23(24(22)29-26)18-9-5-2-6-10-18/h1-16H,(H,28,29). The Morgan fingerprint density at radius 1 is 0.700 bits per heavy atom. The van der Waals surface area contributed by atoms with Gasteiger partial charge in [-0.1, -0.05) is 78.9 Å². The minimum absolute atomic E-state index is 0.466. The topological polar surface area (TPSA) is 45.8 Å². The van der Waals surface area contributed by atoms with Crippen LogP contribution < -0.4 is 0 Å². The fourth-order valence-electron chi connectivity index (χ4n) is 3.73. The van der Waals surface area contributed by atoms with E-state index in [0.717, 1.165) is 44.7 Å². The number of hydrogen-bond acceptors (Lipinski definition) is 2. The summed E-state index contributed by atoms with van der Waals surface area (Å²) in [7, 11) is 0. The Labute approximate surface area is 179 Å². The van der Waals surface area contributed by atoms with Gasteiger partial charge < -0.3 is 4.98 Å². The highest BCUT2D eigenvalue weighted by atomic mass is 35.5. The third-order valence-electron chi connectivity index (χ3n) is 5.19. The molecule has 0 aliphatic rings. The number of H-pyrrole nitrogens is 1. The highest BCUT2D eigenvalue weighted by Crippen LogP contribution is 2.38. The SMILES string of the molecule is O=C(Cl)c1ccc(-c2nc3c(-c4ccccc4)c(-c4ccccc4)ccc3[nH]2)cc1. The van der Waals surface area contributed by atoms with Crippen molar-refractivity contribution in [1.82, 2.24) is 9.97 Å². The second kappa shape index (κ2) is 7.62. The average molecular weight is 409 g/mol. The van der Waals surface area contributed by atoms with Crippen LogP contribution in [0.15, 0.2) is 97.1 Å². The van der Waals surface area contributed by atoms with Crippen molar-refractivity contribution in [2.45, 2.75) is 0 Å². The van der Waals surface area contributed by atoms with Crippen molar-refractivity contribution in [3.05, 3.63) is 103 Å². The van der Waals surface area contributed by atoms with Gasteiger partial charge in [0.1, 0.15) is 5.82 Å². The van der Waals surface area contributed by atoms with Crippen LogP contribution in [0.5, 0.6) is 0 Å². The number of aromatic amines is 1. The first kappa shape index (κ1) is 18.3. The molecule has 0 bridgehead atoms. The van der Waals surface area contributed by atoms with E-state index in [1.54, 1.807) is 12.1 Å². The summed E-state index contributed by atoms with van der Waals surface area (Å²) in [6.45, 7) is 0. The lowest BCUT2D eigenvalue weighted by atomic mass is 9.93. The number of benzene rings is 4. The van der Waals surface area contributed by atoms with Crippen LogP contribution in [0.4, 0.5) is 0 Å². The van der Waals surface area contributed by atoms with Gasteiger partial charge in [-0.15, -0.1) is 0 Å². The summed E-state index contributed by atoms with van der Waals surface area (Å²) in [6, 6.07) is 32.0. The number of aromatic nitrogens is 2. The first-order chi connectivity index (χ1) is 14.7. The number of carbonyl (C=O) groups is 1. The quantitative estimate of drug-likeness (QED) is 0.327. The average Bonchev–Trinajstić information content (AvgIpc) is 3.24. The molecule has 0 fully saturated rings. The molecule has 1 aromatic heterocycles. The summed E-state index contributed by atoms with van der Waals surface area (Å²) in [5, 5.41) is -0.468. The predicted molar refractivity (Wildman–Crippen MR) is 123 cm³/mol. The summed E-state index contributed by atoms with van der Waals surface area (Å²) in [6.07, 6.45) is 0. The predicted octanol–water partition coefficient (Wildman–Crippen LogP) is 6.94. The summed E-state index contributed by atoms with van der Waals surface area (Å²) >= 11 is 5.57. The van der Waals surface area contributed by atoms with Gasteiger partial charge in [-0.05, 0) is 46.5 Å². The Hall–Kier alpha value is -3.69. The second-order valence-corrected chi connectivity index (χ2v) is 7.40. The van der Waals surface area contributed by atoms with E-state index in [1.165, 1.54) is 0 Å². The lowest BCUT2D eigenvalue weighted by molar-refractivity contribution is 0.108. The molecule has 4 aromatic carbocycles. The van der Waals surface area contributed by atoms with Crippen LogP contribution in [0.3, 0.4) is 0 Å². The van der Waals surface area contributed by atoms with Gasteiger partial charge in [-0.3, -0.25) is 4.79 Å². The van der Waals surface area contributed by atoms with Crippen molar-refractivity contribution in [2.24, 2.45) is 0 Å². The summed E-state index contributed by atoms with van der Waals surface area (Å²) in [4.78, 5) is 19.7. The van der Waals surface area contributed by atoms with E-state index in [-0.39, 0.29) is 0 Å². The van der Waals surface area contributed by atoms with Crippen LogP contribution in [0.2, 0.25) is 0 Å². The molecular formula is C26H17ClN2O. The molecule has 3 nitrogen and oxygen atoms in total. The van der Waals surface area contributed by atoms with Crippen LogP contribution in [0, 0.1) is 0 Å². The fourth-order valence-corrected chi connectivity index (χ4v) is 3.85. The zero-order valence-electron chi connectivity index (χ0n) is 16.0. The number of nitrogens with zero attached hydrogens (tertiary/aromatic N) is 1. The molecule has 0 spiro atoms. The van der Waals surface area contributed by atoms with Gasteiger partial charge in [0, 0.05) is 16.7 Å². The molecule has 0 aliphatic heterocycles. The Bertz CT molecular complexity index is 1340. The van der Waals surface area contributed by atoms with E-state index < -0.39 is 5.24 Å². The molecule has 30 heavy (non-hydrogen) atoms.